The Balaban J connectivity index is 1.26. The fourth-order valence-corrected chi connectivity index (χ4v) is 7.00. The van der Waals surface area contributed by atoms with Crippen molar-refractivity contribution in [2.24, 2.45) is 5.16 Å². The number of oxime groups is 1. The number of amides is 2. The molecule has 13 nitrogen and oxygen atoms in total. The highest BCUT2D eigenvalue weighted by Gasteiger charge is 2.55. The molecule has 2 unspecified atom stereocenters. The van der Waals surface area contributed by atoms with E-state index in [0.717, 1.165) is 22.5 Å². The quantitative estimate of drug-likeness (QED) is 0.0393. The SMILES string of the molecule is C/C=C/CO/N=C(\C(=O)NC1C(=O)N2C(C(=O)OC(c3ccccc3)c3ccccc3)=C(CSc3nncs3)OCC12)c1csc(N)n1. The van der Waals surface area contributed by atoms with Crippen molar-refractivity contribution in [2.45, 2.75) is 29.5 Å². The Morgan fingerprint density at radius 1 is 1.17 bits per heavy atom. The summed E-state index contributed by atoms with van der Waals surface area (Å²) < 4.78 is 12.9. The van der Waals surface area contributed by atoms with Gasteiger partial charge in [0.05, 0.1) is 5.75 Å². The van der Waals surface area contributed by atoms with Crippen LogP contribution < -0.4 is 11.1 Å². The smallest absolute Gasteiger partial charge is 0.359 e. The number of thioether (sulfide) groups is 1. The maximum absolute atomic E-state index is 14.1. The van der Waals surface area contributed by atoms with Crippen LogP contribution in [-0.4, -0.2) is 74.6 Å². The molecule has 0 spiro atoms. The first kappa shape index (κ1) is 32.9. The molecule has 3 N–H and O–H groups in total. The zero-order valence-electron chi connectivity index (χ0n) is 25.4. The second-order valence-electron chi connectivity index (χ2n) is 10.3. The molecule has 0 saturated carbocycles. The molecule has 0 bridgehead atoms. The highest BCUT2D eigenvalue weighted by molar-refractivity contribution is 8.01. The summed E-state index contributed by atoms with van der Waals surface area (Å²) in [5, 5.41) is 16.4. The van der Waals surface area contributed by atoms with E-state index in [9.17, 15) is 14.4 Å². The Hall–Kier alpha value is -5.06. The summed E-state index contributed by atoms with van der Waals surface area (Å²) in [7, 11) is 0. The van der Waals surface area contributed by atoms with Crippen LogP contribution >= 0.6 is 34.4 Å². The number of fused-ring (bicyclic) bond motifs is 1. The number of rotatable bonds is 13. The Morgan fingerprint density at radius 2 is 1.90 bits per heavy atom. The average Bonchev–Trinajstić information content (AvgIpc) is 3.80. The Labute approximate surface area is 287 Å². The highest BCUT2D eigenvalue weighted by atomic mass is 32.2. The number of carbonyl (C=O) groups is 3. The summed E-state index contributed by atoms with van der Waals surface area (Å²) in [6.45, 7) is 1.97. The molecule has 2 aliphatic rings. The van der Waals surface area contributed by atoms with Crippen molar-refractivity contribution in [2.75, 3.05) is 24.7 Å². The van der Waals surface area contributed by atoms with Crippen LogP contribution in [0.1, 0.15) is 29.8 Å². The largest absolute Gasteiger partial charge is 0.492 e. The lowest BCUT2D eigenvalue weighted by Gasteiger charge is -2.49. The number of aromatic nitrogens is 3. The van der Waals surface area contributed by atoms with Gasteiger partial charge in [-0.15, -0.1) is 21.5 Å². The Morgan fingerprint density at radius 3 is 2.52 bits per heavy atom. The number of nitrogen functional groups attached to an aromatic ring is 1. The van der Waals surface area contributed by atoms with E-state index in [0.29, 0.717) is 4.34 Å². The molecule has 6 rings (SSSR count). The molecule has 2 aromatic carbocycles. The van der Waals surface area contributed by atoms with E-state index in [2.05, 4.69) is 25.7 Å². The van der Waals surface area contributed by atoms with E-state index < -0.39 is 36.0 Å². The van der Waals surface area contributed by atoms with Crippen LogP contribution in [0, 0.1) is 0 Å². The van der Waals surface area contributed by atoms with E-state index in [1.54, 1.807) is 23.0 Å². The molecule has 1 fully saturated rings. The van der Waals surface area contributed by atoms with Crippen molar-refractivity contribution in [1.29, 1.82) is 0 Å². The zero-order chi connectivity index (χ0) is 33.5. The summed E-state index contributed by atoms with van der Waals surface area (Å²) in [5.41, 5.74) is 8.92. The van der Waals surface area contributed by atoms with Gasteiger partial charge in [-0.25, -0.2) is 9.78 Å². The number of nitrogens with zero attached hydrogens (tertiary/aromatic N) is 5. The molecule has 2 aromatic heterocycles. The van der Waals surface area contributed by atoms with E-state index in [1.165, 1.54) is 28.0 Å². The molecular weight excluding hydrogens is 675 g/mol. The van der Waals surface area contributed by atoms with Crippen LogP contribution in [0.25, 0.3) is 0 Å². The Kier molecular flexibility index (Phi) is 10.4. The summed E-state index contributed by atoms with van der Waals surface area (Å²) in [6.07, 6.45) is 2.73. The van der Waals surface area contributed by atoms with Crippen LogP contribution in [-0.2, 0) is 28.7 Å². The summed E-state index contributed by atoms with van der Waals surface area (Å²) in [4.78, 5) is 52.1. The van der Waals surface area contributed by atoms with Crippen LogP contribution in [0.3, 0.4) is 0 Å². The fourth-order valence-electron chi connectivity index (χ4n) is 5.01. The molecular formula is C32H29N7O6S3. The number of esters is 1. The maximum Gasteiger partial charge on any atom is 0.359 e. The van der Waals surface area contributed by atoms with Crippen LogP contribution in [0.15, 0.2) is 105 Å². The molecule has 2 atom stereocenters. The van der Waals surface area contributed by atoms with Crippen LogP contribution in [0.5, 0.6) is 0 Å². The number of β-lactam (4-membered cyclic amide) rings is 1. The van der Waals surface area contributed by atoms with Gasteiger partial charge in [0.2, 0.25) is 0 Å². The third kappa shape index (κ3) is 7.25. The van der Waals surface area contributed by atoms with Gasteiger partial charge in [-0.1, -0.05) is 95.0 Å². The van der Waals surface area contributed by atoms with Crippen LogP contribution in [0.2, 0.25) is 0 Å². The summed E-state index contributed by atoms with van der Waals surface area (Å²) in [6, 6.07) is 16.9. The van der Waals surface area contributed by atoms with Gasteiger partial charge >= 0.3 is 5.97 Å². The van der Waals surface area contributed by atoms with Gasteiger partial charge in [0.1, 0.15) is 42.3 Å². The van der Waals surface area contributed by atoms with Crippen molar-refractivity contribution < 1.29 is 28.7 Å². The number of hydrogen-bond acceptors (Lipinski definition) is 14. The van der Waals surface area contributed by atoms with E-state index in [4.69, 9.17) is 20.0 Å². The molecule has 16 heteroatoms. The number of anilines is 1. The molecule has 1 saturated heterocycles. The topological polar surface area (TPSA) is 171 Å². The molecule has 246 valence electrons. The minimum absolute atomic E-state index is 0.0220. The lowest BCUT2D eigenvalue weighted by atomic mass is 9.92. The second-order valence-corrected chi connectivity index (χ2v) is 13.2. The molecule has 2 aliphatic heterocycles. The Bertz CT molecular complexity index is 1810. The molecule has 4 aromatic rings. The van der Waals surface area contributed by atoms with Gasteiger partial charge < -0.3 is 25.4 Å². The normalized spacial score (nSPS) is 17.6. The number of nitrogens with one attached hydrogen (secondary N) is 1. The highest BCUT2D eigenvalue weighted by Crippen LogP contribution is 2.37. The predicted molar refractivity (Wildman–Crippen MR) is 181 cm³/mol. The number of thiazole rings is 1. The van der Waals surface area contributed by atoms with Gasteiger partial charge in [0.25, 0.3) is 11.8 Å². The molecule has 2 amide bonds. The van der Waals surface area contributed by atoms with Gasteiger partial charge in [-0.05, 0) is 24.1 Å². The third-order valence-corrected chi connectivity index (χ3v) is 9.81. The van der Waals surface area contributed by atoms with Crippen molar-refractivity contribution in [1.82, 2.24) is 25.4 Å². The van der Waals surface area contributed by atoms with E-state index >= 15 is 0 Å². The summed E-state index contributed by atoms with van der Waals surface area (Å²) >= 11 is 3.79. The van der Waals surface area contributed by atoms with Gasteiger partial charge in [0.15, 0.2) is 27.0 Å². The summed E-state index contributed by atoms with van der Waals surface area (Å²) in [5.74, 6) is -1.50. The second kappa shape index (κ2) is 15.2. The number of benzene rings is 2. The van der Waals surface area contributed by atoms with Crippen molar-refractivity contribution in [3.63, 3.8) is 0 Å². The first-order valence-electron chi connectivity index (χ1n) is 14.7. The lowest BCUT2D eigenvalue weighted by molar-refractivity contribution is -0.163. The maximum atomic E-state index is 14.1. The molecule has 0 radical (unpaired) electrons. The molecule has 0 aliphatic carbocycles. The van der Waals surface area contributed by atoms with Crippen molar-refractivity contribution >= 4 is 63.1 Å². The van der Waals surface area contributed by atoms with Gasteiger partial charge in [-0.3, -0.25) is 14.5 Å². The van der Waals surface area contributed by atoms with Crippen molar-refractivity contribution in [3.05, 3.63) is 112 Å². The number of carbonyl (C=O) groups excluding carboxylic acids is 3. The minimum atomic E-state index is -1.02. The number of hydrogen-bond donors (Lipinski definition) is 2. The van der Waals surface area contributed by atoms with Crippen LogP contribution in [0.4, 0.5) is 5.13 Å². The monoisotopic (exact) mass is 703 g/mol. The predicted octanol–water partition coefficient (Wildman–Crippen LogP) is 3.94. The third-order valence-electron chi connectivity index (χ3n) is 7.27. The first-order valence-corrected chi connectivity index (χ1v) is 17.4. The molecule has 4 heterocycles. The average molecular weight is 704 g/mol. The standard InChI is InChI=1S/C32H29N7O6S3/c1-2-3-14-44-38-24(21-16-46-31(33)35-21)28(40)36-25-22-15-43-23(17-47-32-37-34-18-48-32)26(39(22)29(25)41)30(42)45-27(19-10-6-4-7-11-19)20-12-8-5-9-13-20/h2-13,16,18,22,25,27H,14-15,17H2,1H3,(H2,33,35)(H,36,40)/b3-2+,38-24-. The van der Waals surface area contributed by atoms with E-state index in [1.807, 2.05) is 67.6 Å². The van der Waals surface area contributed by atoms with Gasteiger partial charge in [0, 0.05) is 5.38 Å². The number of allylic oxidation sites excluding steroid dienone is 1. The van der Waals surface area contributed by atoms with Gasteiger partial charge in [-0.2, -0.15) is 0 Å². The lowest BCUT2D eigenvalue weighted by Crippen LogP contribution is -2.73. The zero-order valence-corrected chi connectivity index (χ0v) is 27.9. The minimum Gasteiger partial charge on any atom is -0.492 e. The van der Waals surface area contributed by atoms with Crippen molar-refractivity contribution in [3.8, 4) is 0 Å². The fraction of sp³-hybridized carbons (Fsp3) is 0.219. The number of nitrogens with two attached hydrogens (primary N) is 1. The number of ether oxygens (including phenoxy) is 2. The van der Waals surface area contributed by atoms with E-state index in [-0.39, 0.29) is 47.0 Å². The first-order chi connectivity index (χ1) is 23.4. The molecule has 48 heavy (non-hydrogen) atoms.